The number of pyridine rings is 1. The highest BCUT2D eigenvalue weighted by molar-refractivity contribution is 5.30. The van der Waals surface area contributed by atoms with E-state index in [2.05, 4.69) is 37.4 Å². The van der Waals surface area contributed by atoms with E-state index in [0.29, 0.717) is 6.04 Å². The summed E-state index contributed by atoms with van der Waals surface area (Å²) in [7, 11) is 0. The van der Waals surface area contributed by atoms with Gasteiger partial charge in [0.15, 0.2) is 0 Å². The largest absolute Gasteiger partial charge is 0.305 e. The molecular weight excluding hydrogens is 256 g/mol. The first-order valence-corrected chi connectivity index (χ1v) is 8.72. The molecule has 0 radical (unpaired) electrons. The van der Waals surface area contributed by atoms with Gasteiger partial charge in [0.1, 0.15) is 0 Å². The summed E-state index contributed by atoms with van der Waals surface area (Å²) in [4.78, 5) is 4.73. The molecule has 1 heterocycles. The fraction of sp³-hybridized carbons (Fsp3) is 0.632. The highest BCUT2D eigenvalue weighted by Gasteiger charge is 2.20. The van der Waals surface area contributed by atoms with Crippen molar-refractivity contribution in [3.63, 3.8) is 0 Å². The highest BCUT2D eigenvalue weighted by Crippen LogP contribution is 2.29. The highest BCUT2D eigenvalue weighted by atomic mass is 14.9. The molecule has 0 fully saturated rings. The quantitative estimate of drug-likeness (QED) is 0.747. The number of aromatic nitrogens is 1. The Bertz CT molecular complexity index is 451. The molecule has 0 saturated heterocycles. The van der Waals surface area contributed by atoms with Crippen molar-refractivity contribution < 1.29 is 0 Å². The fourth-order valence-electron chi connectivity index (χ4n) is 3.18. The number of nitrogens with one attached hydrogen (secondary N) is 1. The summed E-state index contributed by atoms with van der Waals surface area (Å²) in [6.45, 7) is 5.52. The lowest BCUT2D eigenvalue weighted by Gasteiger charge is -2.25. The van der Waals surface area contributed by atoms with Gasteiger partial charge >= 0.3 is 0 Å². The van der Waals surface area contributed by atoms with E-state index in [-0.39, 0.29) is 0 Å². The summed E-state index contributed by atoms with van der Waals surface area (Å²) >= 11 is 0. The third kappa shape index (κ3) is 4.67. The molecular formula is C19H30N2. The van der Waals surface area contributed by atoms with Crippen molar-refractivity contribution in [3.05, 3.63) is 41.2 Å². The standard InChI is InChI=1S/C19H30N2/c1-3-14-20-19(17-11-8-6-5-7-9-12-17)18-16(4-2)13-10-15-21-18/h10-11,13,15,19-20H,3-9,12,14H2,1-2H3/b17-11+. The number of hydrogen-bond donors (Lipinski definition) is 1. The van der Waals surface area contributed by atoms with Gasteiger partial charge in [-0.15, -0.1) is 0 Å². The predicted octanol–water partition coefficient (Wildman–Crippen LogP) is 4.97. The van der Waals surface area contributed by atoms with Crippen molar-refractivity contribution in [2.45, 2.75) is 71.3 Å². The van der Waals surface area contributed by atoms with Gasteiger partial charge in [-0.25, -0.2) is 0 Å². The lowest BCUT2D eigenvalue weighted by Crippen LogP contribution is -2.26. The zero-order valence-corrected chi connectivity index (χ0v) is 13.7. The maximum atomic E-state index is 4.73. The topological polar surface area (TPSA) is 24.9 Å². The first-order valence-electron chi connectivity index (χ1n) is 8.72. The van der Waals surface area contributed by atoms with Crippen LogP contribution in [0.4, 0.5) is 0 Å². The molecule has 0 aliphatic heterocycles. The summed E-state index contributed by atoms with van der Waals surface area (Å²) in [5.74, 6) is 0. The second kappa shape index (κ2) is 8.99. The van der Waals surface area contributed by atoms with E-state index in [1.165, 1.54) is 49.8 Å². The van der Waals surface area contributed by atoms with E-state index in [9.17, 15) is 0 Å². The Balaban J connectivity index is 2.27. The number of allylic oxidation sites excluding steroid dienone is 1. The number of aryl methyl sites for hydroxylation is 1. The molecule has 1 N–H and O–H groups in total. The SMILES string of the molecule is CCCNC(/C1=C/CCCCCC1)c1ncccc1CC. The lowest BCUT2D eigenvalue weighted by molar-refractivity contribution is 0.530. The Morgan fingerprint density at radius 3 is 2.86 bits per heavy atom. The van der Waals surface area contributed by atoms with E-state index in [1.54, 1.807) is 5.57 Å². The molecule has 21 heavy (non-hydrogen) atoms. The van der Waals surface area contributed by atoms with Crippen LogP contribution in [0.15, 0.2) is 30.0 Å². The molecule has 1 aliphatic carbocycles. The van der Waals surface area contributed by atoms with E-state index in [4.69, 9.17) is 4.98 Å². The third-order valence-corrected chi connectivity index (χ3v) is 4.38. The fourth-order valence-corrected chi connectivity index (χ4v) is 3.18. The summed E-state index contributed by atoms with van der Waals surface area (Å²) < 4.78 is 0. The van der Waals surface area contributed by atoms with Crippen molar-refractivity contribution >= 4 is 0 Å². The minimum Gasteiger partial charge on any atom is -0.305 e. The lowest BCUT2D eigenvalue weighted by atomic mass is 9.91. The first-order chi connectivity index (χ1) is 10.4. The Labute approximate surface area is 130 Å². The van der Waals surface area contributed by atoms with Crippen LogP contribution >= 0.6 is 0 Å². The summed E-state index contributed by atoms with van der Waals surface area (Å²) in [5.41, 5.74) is 4.20. The van der Waals surface area contributed by atoms with Gasteiger partial charge < -0.3 is 5.32 Å². The maximum Gasteiger partial charge on any atom is 0.0713 e. The number of nitrogens with zero attached hydrogens (tertiary/aromatic N) is 1. The smallest absolute Gasteiger partial charge is 0.0713 e. The van der Waals surface area contributed by atoms with Crippen LogP contribution in [-0.2, 0) is 6.42 Å². The molecule has 2 rings (SSSR count). The molecule has 0 amide bonds. The number of rotatable bonds is 6. The Morgan fingerprint density at radius 2 is 2.05 bits per heavy atom. The van der Waals surface area contributed by atoms with Gasteiger partial charge in [-0.2, -0.15) is 0 Å². The van der Waals surface area contributed by atoms with Crippen molar-refractivity contribution in [1.29, 1.82) is 0 Å². The van der Waals surface area contributed by atoms with E-state index in [1.807, 2.05) is 6.20 Å². The molecule has 0 spiro atoms. The van der Waals surface area contributed by atoms with E-state index in [0.717, 1.165) is 19.4 Å². The summed E-state index contributed by atoms with van der Waals surface area (Å²) in [5, 5.41) is 3.75. The van der Waals surface area contributed by atoms with Crippen molar-refractivity contribution in [1.82, 2.24) is 10.3 Å². The average Bonchev–Trinajstić information content (AvgIpc) is 2.49. The Kier molecular flexibility index (Phi) is 6.94. The molecule has 1 aliphatic rings. The van der Waals surface area contributed by atoms with E-state index < -0.39 is 0 Å². The van der Waals surface area contributed by atoms with Crippen molar-refractivity contribution in [3.8, 4) is 0 Å². The van der Waals surface area contributed by atoms with Crippen molar-refractivity contribution in [2.75, 3.05) is 6.54 Å². The predicted molar refractivity (Wildman–Crippen MR) is 90.4 cm³/mol. The van der Waals surface area contributed by atoms with Crippen LogP contribution in [0.1, 0.15) is 76.1 Å². The van der Waals surface area contributed by atoms with Crippen LogP contribution in [0, 0.1) is 0 Å². The average molecular weight is 286 g/mol. The van der Waals surface area contributed by atoms with Gasteiger partial charge in [0.25, 0.3) is 0 Å². The maximum absolute atomic E-state index is 4.73. The van der Waals surface area contributed by atoms with Crippen LogP contribution in [0.2, 0.25) is 0 Å². The van der Waals surface area contributed by atoms with Crippen LogP contribution in [0.3, 0.4) is 0 Å². The molecule has 1 unspecified atom stereocenters. The van der Waals surface area contributed by atoms with Gasteiger partial charge in [0, 0.05) is 6.20 Å². The van der Waals surface area contributed by atoms with E-state index >= 15 is 0 Å². The minimum absolute atomic E-state index is 0.319. The minimum atomic E-state index is 0.319. The Morgan fingerprint density at radius 1 is 1.19 bits per heavy atom. The third-order valence-electron chi connectivity index (χ3n) is 4.38. The second-order valence-corrected chi connectivity index (χ2v) is 6.02. The molecule has 0 saturated carbocycles. The molecule has 1 aromatic heterocycles. The van der Waals surface area contributed by atoms with Crippen LogP contribution < -0.4 is 5.32 Å². The Hall–Kier alpha value is -1.15. The zero-order chi connectivity index (χ0) is 14.9. The van der Waals surface area contributed by atoms with Gasteiger partial charge in [-0.05, 0) is 56.7 Å². The van der Waals surface area contributed by atoms with Crippen LogP contribution in [-0.4, -0.2) is 11.5 Å². The first kappa shape index (κ1) is 16.2. The molecule has 1 aromatic rings. The van der Waals surface area contributed by atoms with Crippen LogP contribution in [0.25, 0.3) is 0 Å². The summed E-state index contributed by atoms with van der Waals surface area (Å²) in [6.07, 6.45) is 14.5. The normalized spacial score (nSPS) is 20.2. The van der Waals surface area contributed by atoms with Gasteiger partial charge in [0.05, 0.1) is 11.7 Å². The molecule has 0 aromatic carbocycles. The van der Waals surface area contributed by atoms with Crippen LogP contribution in [0.5, 0.6) is 0 Å². The molecule has 2 heteroatoms. The van der Waals surface area contributed by atoms with Gasteiger partial charge in [0.2, 0.25) is 0 Å². The molecule has 1 atom stereocenters. The summed E-state index contributed by atoms with van der Waals surface area (Å²) in [6, 6.07) is 4.61. The monoisotopic (exact) mass is 286 g/mol. The molecule has 0 bridgehead atoms. The second-order valence-electron chi connectivity index (χ2n) is 6.02. The van der Waals surface area contributed by atoms with Gasteiger partial charge in [-0.3, -0.25) is 4.98 Å². The molecule has 2 nitrogen and oxygen atoms in total. The number of hydrogen-bond acceptors (Lipinski definition) is 2. The zero-order valence-electron chi connectivity index (χ0n) is 13.7. The van der Waals surface area contributed by atoms with Gasteiger partial charge in [-0.1, -0.05) is 44.4 Å². The molecule has 116 valence electrons. The van der Waals surface area contributed by atoms with Crippen molar-refractivity contribution in [2.24, 2.45) is 0 Å².